The fourth-order valence-corrected chi connectivity index (χ4v) is 5.62. The summed E-state index contributed by atoms with van der Waals surface area (Å²) in [6.45, 7) is 13.9. The van der Waals surface area contributed by atoms with Crippen molar-refractivity contribution in [2.45, 2.75) is 131 Å². The quantitative estimate of drug-likeness (QED) is 0.199. The van der Waals surface area contributed by atoms with E-state index in [0.717, 1.165) is 12.5 Å². The third kappa shape index (κ3) is 10.4. The maximum atomic E-state index is 12.0. The predicted molar refractivity (Wildman–Crippen MR) is 143 cm³/mol. The Balaban J connectivity index is 2.28. The van der Waals surface area contributed by atoms with Gasteiger partial charge in [-0.05, 0) is 38.5 Å². The highest BCUT2D eigenvalue weighted by Crippen LogP contribution is 2.44. The molecule has 1 fully saturated rings. The summed E-state index contributed by atoms with van der Waals surface area (Å²) in [5.41, 5.74) is 2.21. The molecule has 0 bridgehead atoms. The summed E-state index contributed by atoms with van der Waals surface area (Å²) < 4.78 is 39.2. The van der Waals surface area contributed by atoms with E-state index in [-0.39, 0.29) is 24.1 Å². The number of ether oxygens (including phenoxy) is 7. The summed E-state index contributed by atoms with van der Waals surface area (Å²) in [5, 5.41) is 0. The van der Waals surface area contributed by atoms with Gasteiger partial charge in [0.25, 0.3) is 0 Å². The van der Waals surface area contributed by atoms with Crippen molar-refractivity contribution < 1.29 is 57.1 Å². The fourth-order valence-electron chi connectivity index (χ4n) is 5.62. The van der Waals surface area contributed by atoms with Crippen molar-refractivity contribution in [2.24, 2.45) is 5.41 Å². The third-order valence-corrected chi connectivity index (χ3v) is 7.05. The number of esters is 5. The average molecular weight is 585 g/mol. The molecule has 0 unspecified atom stereocenters. The molecule has 0 spiro atoms. The molecule has 0 aromatic rings. The minimum atomic E-state index is -1.28. The van der Waals surface area contributed by atoms with Crippen LogP contribution in [0.15, 0.2) is 11.1 Å². The summed E-state index contributed by atoms with van der Waals surface area (Å²) >= 11 is 0. The molecule has 1 aliphatic heterocycles. The molecule has 0 amide bonds. The summed E-state index contributed by atoms with van der Waals surface area (Å²) in [6.07, 6.45) is -4.06. The van der Waals surface area contributed by atoms with Crippen molar-refractivity contribution in [2.75, 3.05) is 6.61 Å². The van der Waals surface area contributed by atoms with Crippen molar-refractivity contribution in [3.05, 3.63) is 11.1 Å². The van der Waals surface area contributed by atoms with Gasteiger partial charge < -0.3 is 33.2 Å². The second kappa shape index (κ2) is 14.8. The second-order valence-corrected chi connectivity index (χ2v) is 11.3. The molecule has 232 valence electrons. The first-order valence-corrected chi connectivity index (χ1v) is 13.8. The maximum absolute atomic E-state index is 12.0. The lowest BCUT2D eigenvalue weighted by molar-refractivity contribution is -0.316. The van der Waals surface area contributed by atoms with E-state index in [1.54, 1.807) is 0 Å². The van der Waals surface area contributed by atoms with E-state index in [1.165, 1.54) is 33.3 Å². The molecule has 41 heavy (non-hydrogen) atoms. The smallest absolute Gasteiger partial charge is 0.303 e. The zero-order chi connectivity index (χ0) is 31.1. The van der Waals surface area contributed by atoms with Crippen LogP contribution < -0.4 is 0 Å². The highest BCUT2D eigenvalue weighted by atomic mass is 16.7. The van der Waals surface area contributed by atoms with Gasteiger partial charge in [0.1, 0.15) is 18.8 Å². The van der Waals surface area contributed by atoms with Crippen LogP contribution in [0.3, 0.4) is 0 Å². The zero-order valence-electron chi connectivity index (χ0n) is 25.5. The van der Waals surface area contributed by atoms with Crippen molar-refractivity contribution in [3.63, 3.8) is 0 Å². The molecule has 0 N–H and O–H groups in total. The Labute approximate surface area is 241 Å². The minimum Gasteiger partial charge on any atom is -0.463 e. The number of rotatable bonds is 11. The summed E-state index contributed by atoms with van der Waals surface area (Å²) in [4.78, 5) is 59.0. The molecule has 1 aliphatic carbocycles. The van der Waals surface area contributed by atoms with Crippen LogP contribution in [-0.2, 0) is 57.1 Å². The average Bonchev–Trinajstić information content (AvgIpc) is 2.79. The van der Waals surface area contributed by atoms with E-state index in [9.17, 15) is 24.0 Å². The van der Waals surface area contributed by atoms with Crippen molar-refractivity contribution in [1.82, 2.24) is 0 Å². The lowest BCUT2D eigenvalue weighted by Gasteiger charge is -2.44. The topological polar surface area (TPSA) is 150 Å². The standard InChI is InChI=1S/C29H44O12/c1-15-12-22(37-18(4)31)13-29(8,9)23(15)11-10-16(2)36-28-27(40-21(7)34)26(39-20(6)33)25(38-19(5)32)24(41-28)14-35-17(3)30/h16,22,24-28H,10-14H2,1-9H3/t16-,22-,24-,25-,26+,27-,28-/m1/s1. The second-order valence-electron chi connectivity index (χ2n) is 11.3. The Morgan fingerprint density at radius 2 is 1.37 bits per heavy atom. The predicted octanol–water partition coefficient (Wildman–Crippen LogP) is 3.32. The van der Waals surface area contributed by atoms with Gasteiger partial charge in [-0.3, -0.25) is 24.0 Å². The number of carbonyl (C=O) groups is 5. The van der Waals surface area contributed by atoms with Crippen LogP contribution in [0.25, 0.3) is 0 Å². The van der Waals surface area contributed by atoms with Gasteiger partial charge in [-0.2, -0.15) is 0 Å². The van der Waals surface area contributed by atoms with E-state index >= 15 is 0 Å². The summed E-state index contributed by atoms with van der Waals surface area (Å²) in [6, 6.07) is 0. The molecule has 0 aromatic carbocycles. The van der Waals surface area contributed by atoms with Crippen LogP contribution in [0.2, 0.25) is 0 Å². The Morgan fingerprint density at radius 3 is 1.88 bits per heavy atom. The highest BCUT2D eigenvalue weighted by molar-refractivity contribution is 5.69. The van der Waals surface area contributed by atoms with Gasteiger partial charge in [0, 0.05) is 41.0 Å². The first-order valence-electron chi connectivity index (χ1n) is 13.8. The van der Waals surface area contributed by atoms with E-state index in [0.29, 0.717) is 25.7 Å². The highest BCUT2D eigenvalue weighted by Gasteiger charge is 2.53. The van der Waals surface area contributed by atoms with Gasteiger partial charge in [0.05, 0.1) is 6.10 Å². The molecular formula is C29H44O12. The Morgan fingerprint density at radius 1 is 0.829 bits per heavy atom. The van der Waals surface area contributed by atoms with Crippen LogP contribution in [0, 0.1) is 5.41 Å². The SMILES string of the molecule is CC(=O)OC[C@H]1O[C@@H](O[C@H](C)CCC2=C(C)C[C@@H](OC(C)=O)CC2(C)C)[C@H](OC(C)=O)[C@@H](OC(C)=O)[C@@H]1OC(C)=O. The Kier molecular flexibility index (Phi) is 12.3. The Bertz CT molecular complexity index is 1020. The lowest BCUT2D eigenvalue weighted by Crippen LogP contribution is -2.63. The van der Waals surface area contributed by atoms with Gasteiger partial charge in [0.15, 0.2) is 24.6 Å². The van der Waals surface area contributed by atoms with Gasteiger partial charge in [-0.15, -0.1) is 0 Å². The molecule has 7 atom stereocenters. The molecule has 12 nitrogen and oxygen atoms in total. The first kappa shape index (κ1) is 34.2. The molecular weight excluding hydrogens is 540 g/mol. The van der Waals surface area contributed by atoms with E-state index in [1.807, 2.05) is 13.8 Å². The molecule has 2 rings (SSSR count). The molecule has 0 radical (unpaired) electrons. The molecule has 12 heteroatoms. The largest absolute Gasteiger partial charge is 0.463 e. The summed E-state index contributed by atoms with van der Waals surface area (Å²) in [7, 11) is 0. The fraction of sp³-hybridized carbons (Fsp3) is 0.759. The van der Waals surface area contributed by atoms with E-state index in [2.05, 4.69) is 13.8 Å². The molecule has 0 aromatic heterocycles. The van der Waals surface area contributed by atoms with E-state index < -0.39 is 60.7 Å². The van der Waals surface area contributed by atoms with Gasteiger partial charge in [0.2, 0.25) is 0 Å². The van der Waals surface area contributed by atoms with Crippen LogP contribution in [0.4, 0.5) is 0 Å². The molecule has 0 saturated carbocycles. The van der Waals surface area contributed by atoms with Gasteiger partial charge in [-0.1, -0.05) is 25.0 Å². The van der Waals surface area contributed by atoms with Crippen molar-refractivity contribution >= 4 is 29.8 Å². The summed E-state index contributed by atoms with van der Waals surface area (Å²) in [5.74, 6) is -2.99. The lowest BCUT2D eigenvalue weighted by atomic mass is 9.70. The van der Waals surface area contributed by atoms with Crippen LogP contribution in [0.5, 0.6) is 0 Å². The molecule has 2 aliphatic rings. The van der Waals surface area contributed by atoms with Crippen LogP contribution in [-0.4, -0.2) is 79.4 Å². The zero-order valence-corrected chi connectivity index (χ0v) is 25.5. The number of hydrogen-bond acceptors (Lipinski definition) is 12. The monoisotopic (exact) mass is 584 g/mol. The van der Waals surface area contributed by atoms with E-state index in [4.69, 9.17) is 33.2 Å². The van der Waals surface area contributed by atoms with Crippen molar-refractivity contribution in [3.8, 4) is 0 Å². The third-order valence-electron chi connectivity index (χ3n) is 7.05. The number of carbonyl (C=O) groups excluding carboxylic acids is 5. The van der Waals surface area contributed by atoms with Crippen LogP contribution in [0.1, 0.15) is 88.0 Å². The van der Waals surface area contributed by atoms with Gasteiger partial charge >= 0.3 is 29.8 Å². The molecule has 1 saturated heterocycles. The minimum absolute atomic E-state index is 0.169. The molecule has 1 heterocycles. The number of hydrogen-bond donors (Lipinski definition) is 0. The van der Waals surface area contributed by atoms with Crippen molar-refractivity contribution in [1.29, 1.82) is 0 Å². The number of allylic oxidation sites excluding steroid dienone is 1. The van der Waals surface area contributed by atoms with Crippen LogP contribution >= 0.6 is 0 Å². The van der Waals surface area contributed by atoms with Gasteiger partial charge in [-0.25, -0.2) is 0 Å². The Hall–Kier alpha value is -2.99. The maximum Gasteiger partial charge on any atom is 0.303 e. The first-order chi connectivity index (χ1) is 19.0. The normalized spacial score (nSPS) is 28.2.